The van der Waals surface area contributed by atoms with Crippen molar-refractivity contribution in [1.29, 1.82) is 0 Å². The SMILES string of the molecule is COC(=O)CCc1cnc(NC2=NC(C)CS2)c(OCc2ccccc2)c1. The Kier molecular flexibility index (Phi) is 6.70. The molecule has 0 aliphatic carbocycles. The molecule has 0 saturated carbocycles. The Morgan fingerprint density at radius 3 is 2.81 bits per heavy atom. The van der Waals surface area contributed by atoms with Gasteiger partial charge >= 0.3 is 5.97 Å². The molecule has 1 aliphatic heterocycles. The first-order chi connectivity index (χ1) is 13.1. The maximum Gasteiger partial charge on any atom is 0.305 e. The van der Waals surface area contributed by atoms with Crippen molar-refractivity contribution in [2.24, 2.45) is 4.99 Å². The van der Waals surface area contributed by atoms with Gasteiger partial charge < -0.3 is 14.8 Å². The number of ether oxygens (including phenoxy) is 2. The summed E-state index contributed by atoms with van der Waals surface area (Å²) >= 11 is 1.67. The molecule has 2 aromatic rings. The molecule has 0 fully saturated rings. The molecule has 0 saturated heterocycles. The number of carbonyl (C=O) groups excluding carboxylic acids is 1. The average Bonchev–Trinajstić information content (AvgIpc) is 3.11. The van der Waals surface area contributed by atoms with Crippen molar-refractivity contribution in [1.82, 2.24) is 4.98 Å². The van der Waals surface area contributed by atoms with Crippen LogP contribution in [0.4, 0.5) is 5.82 Å². The van der Waals surface area contributed by atoms with Gasteiger partial charge in [-0.1, -0.05) is 42.1 Å². The first-order valence-electron chi connectivity index (χ1n) is 8.84. The van der Waals surface area contributed by atoms with Crippen molar-refractivity contribution >= 4 is 28.7 Å². The Morgan fingerprint density at radius 2 is 2.11 bits per heavy atom. The summed E-state index contributed by atoms with van der Waals surface area (Å²) in [6.07, 6.45) is 2.61. The number of rotatable bonds is 7. The van der Waals surface area contributed by atoms with Crippen molar-refractivity contribution < 1.29 is 14.3 Å². The van der Waals surface area contributed by atoms with E-state index in [1.54, 1.807) is 18.0 Å². The predicted octanol–water partition coefficient (Wildman–Crippen LogP) is 3.67. The van der Waals surface area contributed by atoms with Crippen LogP contribution in [-0.2, 0) is 22.6 Å². The van der Waals surface area contributed by atoms with Crippen molar-refractivity contribution in [3.63, 3.8) is 0 Å². The normalized spacial score (nSPS) is 15.9. The third kappa shape index (κ3) is 5.72. The lowest BCUT2D eigenvalue weighted by Crippen LogP contribution is -2.10. The third-order valence-corrected chi connectivity index (χ3v) is 5.15. The molecule has 0 spiro atoms. The molecule has 3 rings (SSSR count). The molecule has 0 amide bonds. The van der Waals surface area contributed by atoms with Crippen LogP contribution < -0.4 is 10.1 Å². The Hall–Kier alpha value is -2.54. The second-order valence-electron chi connectivity index (χ2n) is 6.26. The van der Waals surface area contributed by atoms with Gasteiger partial charge in [0, 0.05) is 18.4 Å². The smallest absolute Gasteiger partial charge is 0.305 e. The maximum atomic E-state index is 11.4. The number of anilines is 1. The number of aromatic nitrogens is 1. The molecule has 2 heterocycles. The van der Waals surface area contributed by atoms with Gasteiger partial charge in [0.25, 0.3) is 0 Å². The molecule has 142 valence electrons. The molecular weight excluding hydrogens is 362 g/mol. The number of methoxy groups -OCH3 is 1. The number of aliphatic imine (C=N–C) groups is 1. The second kappa shape index (κ2) is 9.41. The minimum absolute atomic E-state index is 0.241. The highest BCUT2D eigenvalue weighted by Gasteiger charge is 2.17. The van der Waals surface area contributed by atoms with Gasteiger partial charge in [0.1, 0.15) is 6.61 Å². The molecule has 6 nitrogen and oxygen atoms in total. The lowest BCUT2D eigenvalue weighted by molar-refractivity contribution is -0.140. The van der Waals surface area contributed by atoms with Crippen molar-refractivity contribution in [3.05, 3.63) is 53.7 Å². The van der Waals surface area contributed by atoms with E-state index in [9.17, 15) is 4.79 Å². The van der Waals surface area contributed by atoms with Gasteiger partial charge in [0.15, 0.2) is 16.7 Å². The van der Waals surface area contributed by atoms with Crippen LogP contribution in [0.2, 0.25) is 0 Å². The zero-order valence-corrected chi connectivity index (χ0v) is 16.3. The molecule has 1 aromatic carbocycles. The van der Waals surface area contributed by atoms with Crippen LogP contribution in [0.25, 0.3) is 0 Å². The summed E-state index contributed by atoms with van der Waals surface area (Å²) in [5, 5.41) is 4.11. The lowest BCUT2D eigenvalue weighted by Gasteiger charge is -2.13. The minimum Gasteiger partial charge on any atom is -0.485 e. The highest BCUT2D eigenvalue weighted by molar-refractivity contribution is 8.14. The summed E-state index contributed by atoms with van der Waals surface area (Å²) < 4.78 is 10.7. The Morgan fingerprint density at radius 1 is 1.30 bits per heavy atom. The predicted molar refractivity (Wildman–Crippen MR) is 108 cm³/mol. The number of carbonyl (C=O) groups is 1. The molecule has 1 N–H and O–H groups in total. The third-order valence-electron chi connectivity index (χ3n) is 4.02. The molecule has 0 bridgehead atoms. The van der Waals surface area contributed by atoms with E-state index in [-0.39, 0.29) is 5.97 Å². The fourth-order valence-electron chi connectivity index (χ4n) is 2.55. The van der Waals surface area contributed by atoms with Crippen molar-refractivity contribution in [2.75, 3.05) is 18.2 Å². The molecule has 1 unspecified atom stereocenters. The number of pyridine rings is 1. The van der Waals surface area contributed by atoms with Crippen LogP contribution in [0.1, 0.15) is 24.5 Å². The van der Waals surface area contributed by atoms with Crippen molar-refractivity contribution in [2.45, 2.75) is 32.4 Å². The Balaban J connectivity index is 1.75. The fraction of sp³-hybridized carbons (Fsp3) is 0.350. The van der Waals surface area contributed by atoms with E-state index in [0.717, 1.165) is 22.0 Å². The molecule has 0 radical (unpaired) electrons. The van der Waals surface area contributed by atoms with E-state index in [1.165, 1.54) is 7.11 Å². The van der Waals surface area contributed by atoms with Gasteiger partial charge in [-0.25, -0.2) is 4.98 Å². The molecule has 1 atom stereocenters. The Bertz CT molecular complexity index is 811. The van der Waals surface area contributed by atoms with Crippen LogP contribution in [0.15, 0.2) is 47.6 Å². The van der Waals surface area contributed by atoms with E-state index in [4.69, 9.17) is 9.47 Å². The summed E-state index contributed by atoms with van der Waals surface area (Å²) in [5.74, 6) is 1.99. The van der Waals surface area contributed by atoms with Gasteiger partial charge in [0.2, 0.25) is 0 Å². The number of thioether (sulfide) groups is 1. The molecule has 1 aliphatic rings. The fourth-order valence-corrected chi connectivity index (χ4v) is 3.45. The Labute approximate surface area is 163 Å². The van der Waals surface area contributed by atoms with Gasteiger partial charge in [-0.05, 0) is 30.5 Å². The highest BCUT2D eigenvalue weighted by Crippen LogP contribution is 2.28. The van der Waals surface area contributed by atoms with Crippen LogP contribution in [-0.4, -0.2) is 35.0 Å². The second-order valence-corrected chi connectivity index (χ2v) is 7.27. The number of nitrogens with one attached hydrogen (secondary N) is 1. The highest BCUT2D eigenvalue weighted by atomic mass is 32.2. The van der Waals surface area contributed by atoms with E-state index in [2.05, 4.69) is 22.2 Å². The lowest BCUT2D eigenvalue weighted by atomic mass is 10.1. The van der Waals surface area contributed by atoms with Gasteiger partial charge in [-0.3, -0.25) is 9.79 Å². The zero-order chi connectivity index (χ0) is 19.1. The van der Waals surface area contributed by atoms with Gasteiger partial charge in [0.05, 0.1) is 13.2 Å². The summed E-state index contributed by atoms with van der Waals surface area (Å²) in [4.78, 5) is 20.5. The summed E-state index contributed by atoms with van der Waals surface area (Å²) in [7, 11) is 1.39. The number of hydrogen-bond acceptors (Lipinski definition) is 7. The quantitative estimate of drug-likeness (QED) is 0.733. The summed E-state index contributed by atoms with van der Waals surface area (Å²) in [6.45, 7) is 2.52. The van der Waals surface area contributed by atoms with E-state index < -0.39 is 0 Å². The van der Waals surface area contributed by atoms with E-state index in [1.807, 2.05) is 36.4 Å². The van der Waals surface area contributed by atoms with Crippen LogP contribution in [0, 0.1) is 0 Å². The van der Waals surface area contributed by atoms with E-state index >= 15 is 0 Å². The van der Waals surface area contributed by atoms with E-state index in [0.29, 0.717) is 37.1 Å². The molecular formula is C20H23N3O3S. The number of amidine groups is 1. The molecule has 7 heteroatoms. The standard InChI is InChI=1S/C20H23N3O3S/c1-14-13-27-20(22-14)23-19-17(26-12-15-6-4-3-5-7-15)10-16(11-21-19)8-9-18(24)25-2/h3-7,10-11,14H,8-9,12-13H2,1-2H3,(H,21,22,23). The summed E-state index contributed by atoms with van der Waals surface area (Å²) in [5.41, 5.74) is 1.99. The zero-order valence-electron chi connectivity index (χ0n) is 15.5. The monoisotopic (exact) mass is 385 g/mol. The van der Waals surface area contributed by atoms with Crippen LogP contribution in [0.5, 0.6) is 5.75 Å². The first-order valence-corrected chi connectivity index (χ1v) is 9.82. The van der Waals surface area contributed by atoms with Crippen LogP contribution in [0.3, 0.4) is 0 Å². The van der Waals surface area contributed by atoms with Crippen molar-refractivity contribution in [3.8, 4) is 5.75 Å². The number of aryl methyl sites for hydroxylation is 1. The topological polar surface area (TPSA) is 72.8 Å². The largest absolute Gasteiger partial charge is 0.485 e. The number of benzene rings is 1. The molecule has 1 aromatic heterocycles. The number of nitrogens with zero attached hydrogens (tertiary/aromatic N) is 2. The van der Waals surface area contributed by atoms with Crippen LogP contribution >= 0.6 is 11.8 Å². The first kappa shape index (κ1) is 19.2. The number of hydrogen-bond donors (Lipinski definition) is 1. The van der Waals surface area contributed by atoms with Gasteiger partial charge in [-0.15, -0.1) is 0 Å². The molecule has 27 heavy (non-hydrogen) atoms. The number of esters is 1. The maximum absolute atomic E-state index is 11.4. The minimum atomic E-state index is -0.241. The van der Waals surface area contributed by atoms with Gasteiger partial charge in [-0.2, -0.15) is 0 Å². The summed E-state index contributed by atoms with van der Waals surface area (Å²) in [6, 6.07) is 12.2. The average molecular weight is 385 g/mol.